The van der Waals surface area contributed by atoms with E-state index in [0.717, 1.165) is 0 Å². The van der Waals surface area contributed by atoms with E-state index in [1.165, 1.54) is 24.3 Å². The fraction of sp³-hybridized carbons (Fsp3) is 0.0714. The molecule has 0 aromatic heterocycles. The molecule has 0 saturated carbocycles. The first-order valence-electron chi connectivity index (χ1n) is 5.67. The predicted molar refractivity (Wildman–Crippen MR) is 73.3 cm³/mol. The Labute approximate surface area is 110 Å². The van der Waals surface area contributed by atoms with Gasteiger partial charge in [0.2, 0.25) is 0 Å². The normalized spacial score (nSPS) is 10.2. The third-order valence-electron chi connectivity index (χ3n) is 2.77. The number of carbonyl (C=O) groups is 1. The summed E-state index contributed by atoms with van der Waals surface area (Å²) in [5, 5.41) is 21.7. The van der Waals surface area contributed by atoms with Gasteiger partial charge in [-0.2, -0.15) is 0 Å². The Balaban J connectivity index is 2.28. The molecule has 0 unspecified atom stereocenters. The van der Waals surface area contributed by atoms with Crippen LogP contribution in [-0.2, 0) is 0 Å². The second-order valence-electron chi connectivity index (χ2n) is 4.20. The summed E-state index contributed by atoms with van der Waals surface area (Å²) in [5.74, 6) is -0.496. The zero-order chi connectivity index (χ0) is 14.0. The summed E-state index contributed by atoms with van der Waals surface area (Å²) < 4.78 is 0. The smallest absolute Gasteiger partial charge is 0.259 e. The number of aromatic hydroxyl groups is 2. The zero-order valence-corrected chi connectivity index (χ0v) is 10.3. The van der Waals surface area contributed by atoms with Crippen LogP contribution in [0.25, 0.3) is 0 Å². The van der Waals surface area contributed by atoms with Gasteiger partial charge < -0.3 is 21.3 Å². The maximum absolute atomic E-state index is 12.0. The van der Waals surface area contributed by atoms with Crippen molar-refractivity contribution >= 4 is 17.3 Å². The second-order valence-corrected chi connectivity index (χ2v) is 4.20. The van der Waals surface area contributed by atoms with Gasteiger partial charge >= 0.3 is 0 Å². The molecule has 5 heteroatoms. The molecular formula is C14H14N2O3. The van der Waals surface area contributed by atoms with Gasteiger partial charge in [0.25, 0.3) is 5.91 Å². The lowest BCUT2D eigenvalue weighted by molar-refractivity contribution is 0.102. The molecule has 2 rings (SSSR count). The number of hydrogen-bond acceptors (Lipinski definition) is 4. The van der Waals surface area contributed by atoms with Crippen molar-refractivity contribution in [3.05, 3.63) is 47.5 Å². The van der Waals surface area contributed by atoms with Gasteiger partial charge in [-0.3, -0.25) is 4.79 Å². The Morgan fingerprint density at radius 2 is 1.95 bits per heavy atom. The molecule has 0 aliphatic carbocycles. The van der Waals surface area contributed by atoms with Gasteiger partial charge in [0.1, 0.15) is 11.5 Å². The van der Waals surface area contributed by atoms with Gasteiger partial charge in [0, 0.05) is 6.07 Å². The number of nitrogens with one attached hydrogen (secondary N) is 1. The average Bonchev–Trinajstić information content (AvgIpc) is 2.36. The van der Waals surface area contributed by atoms with Crippen molar-refractivity contribution in [2.45, 2.75) is 6.92 Å². The molecule has 19 heavy (non-hydrogen) atoms. The minimum Gasteiger partial charge on any atom is -0.508 e. The topological polar surface area (TPSA) is 95.6 Å². The van der Waals surface area contributed by atoms with E-state index in [-0.39, 0.29) is 22.7 Å². The Morgan fingerprint density at radius 1 is 1.21 bits per heavy atom. The minimum absolute atomic E-state index is 0.0221. The largest absolute Gasteiger partial charge is 0.508 e. The lowest BCUT2D eigenvalue weighted by atomic mass is 10.1. The number of anilines is 2. The summed E-state index contributed by atoms with van der Waals surface area (Å²) in [6, 6.07) is 9.17. The minimum atomic E-state index is -0.460. The predicted octanol–water partition coefficient (Wildman–Crippen LogP) is 2.24. The molecule has 0 atom stereocenters. The number of para-hydroxylation sites is 1. The van der Waals surface area contributed by atoms with Crippen LogP contribution in [0.1, 0.15) is 15.9 Å². The maximum Gasteiger partial charge on any atom is 0.259 e. The summed E-state index contributed by atoms with van der Waals surface area (Å²) in [6.07, 6.45) is 0. The van der Waals surface area contributed by atoms with Gasteiger partial charge in [-0.05, 0) is 30.7 Å². The van der Waals surface area contributed by atoms with E-state index in [4.69, 9.17) is 5.73 Å². The standard InChI is InChI=1S/C14H14N2O3/c1-8-3-2-4-10(13(8)18)14(19)16-12-6-5-9(17)7-11(12)15/h2-7,17-18H,15H2,1H3,(H,16,19). The summed E-state index contributed by atoms with van der Waals surface area (Å²) in [7, 11) is 0. The quantitative estimate of drug-likeness (QED) is 0.490. The van der Waals surface area contributed by atoms with Crippen molar-refractivity contribution in [2.75, 3.05) is 11.1 Å². The molecule has 0 saturated heterocycles. The first-order chi connectivity index (χ1) is 8.99. The Bertz CT molecular complexity index is 639. The van der Waals surface area contributed by atoms with Crippen LogP contribution in [0.5, 0.6) is 11.5 Å². The van der Waals surface area contributed by atoms with Gasteiger partial charge in [0.05, 0.1) is 16.9 Å². The number of rotatable bonds is 2. The van der Waals surface area contributed by atoms with Crippen LogP contribution in [0.15, 0.2) is 36.4 Å². The van der Waals surface area contributed by atoms with Crippen LogP contribution < -0.4 is 11.1 Å². The SMILES string of the molecule is Cc1cccc(C(=O)Nc2ccc(O)cc2N)c1O. The number of phenolic OH excluding ortho intramolecular Hbond substituents is 2. The number of phenols is 2. The van der Waals surface area contributed by atoms with E-state index in [9.17, 15) is 15.0 Å². The molecule has 0 spiro atoms. The molecule has 0 aliphatic rings. The molecule has 0 aliphatic heterocycles. The van der Waals surface area contributed by atoms with Crippen LogP contribution in [0.3, 0.4) is 0 Å². The van der Waals surface area contributed by atoms with Crippen molar-refractivity contribution in [1.29, 1.82) is 0 Å². The molecule has 1 amide bonds. The highest BCUT2D eigenvalue weighted by Crippen LogP contribution is 2.26. The number of amides is 1. The Kier molecular flexibility index (Phi) is 3.29. The van der Waals surface area contributed by atoms with Crippen molar-refractivity contribution in [3.63, 3.8) is 0 Å². The summed E-state index contributed by atoms with van der Waals surface area (Å²) in [5.41, 5.74) is 7.10. The van der Waals surface area contributed by atoms with Gasteiger partial charge in [0.15, 0.2) is 0 Å². The van der Waals surface area contributed by atoms with E-state index in [0.29, 0.717) is 11.3 Å². The van der Waals surface area contributed by atoms with Crippen molar-refractivity contribution in [3.8, 4) is 11.5 Å². The summed E-state index contributed by atoms with van der Waals surface area (Å²) in [6.45, 7) is 1.71. The zero-order valence-electron chi connectivity index (χ0n) is 10.3. The number of carbonyl (C=O) groups excluding carboxylic acids is 1. The molecule has 5 nitrogen and oxygen atoms in total. The highest BCUT2D eigenvalue weighted by Gasteiger charge is 2.13. The molecule has 0 heterocycles. The lowest BCUT2D eigenvalue weighted by Gasteiger charge is -2.10. The third kappa shape index (κ3) is 2.60. The van der Waals surface area contributed by atoms with Gasteiger partial charge in [-0.1, -0.05) is 12.1 Å². The molecular weight excluding hydrogens is 244 g/mol. The summed E-state index contributed by atoms with van der Waals surface area (Å²) >= 11 is 0. The van der Waals surface area contributed by atoms with E-state index in [2.05, 4.69) is 5.32 Å². The molecule has 98 valence electrons. The molecule has 0 bridgehead atoms. The molecule has 5 N–H and O–H groups in total. The van der Waals surface area contributed by atoms with E-state index in [1.54, 1.807) is 19.1 Å². The van der Waals surface area contributed by atoms with Gasteiger partial charge in [-0.15, -0.1) is 0 Å². The lowest BCUT2D eigenvalue weighted by Crippen LogP contribution is -2.13. The van der Waals surface area contributed by atoms with E-state index >= 15 is 0 Å². The second kappa shape index (κ2) is 4.89. The first-order valence-corrected chi connectivity index (χ1v) is 5.67. The van der Waals surface area contributed by atoms with Crippen LogP contribution in [0.2, 0.25) is 0 Å². The first kappa shape index (κ1) is 12.8. The van der Waals surface area contributed by atoms with Gasteiger partial charge in [-0.25, -0.2) is 0 Å². The number of hydrogen-bond donors (Lipinski definition) is 4. The fourth-order valence-corrected chi connectivity index (χ4v) is 1.70. The molecule has 2 aromatic carbocycles. The Morgan fingerprint density at radius 3 is 2.63 bits per heavy atom. The van der Waals surface area contributed by atoms with Crippen LogP contribution in [0.4, 0.5) is 11.4 Å². The van der Waals surface area contributed by atoms with Crippen molar-refractivity contribution in [2.24, 2.45) is 0 Å². The monoisotopic (exact) mass is 258 g/mol. The van der Waals surface area contributed by atoms with Crippen LogP contribution in [0, 0.1) is 6.92 Å². The Hall–Kier alpha value is -2.69. The number of nitrogen functional groups attached to an aromatic ring is 1. The van der Waals surface area contributed by atoms with Crippen molar-refractivity contribution in [1.82, 2.24) is 0 Å². The maximum atomic E-state index is 12.0. The molecule has 0 radical (unpaired) electrons. The highest BCUT2D eigenvalue weighted by atomic mass is 16.3. The van der Waals surface area contributed by atoms with Crippen LogP contribution in [-0.4, -0.2) is 16.1 Å². The fourth-order valence-electron chi connectivity index (χ4n) is 1.70. The van der Waals surface area contributed by atoms with E-state index < -0.39 is 5.91 Å². The van der Waals surface area contributed by atoms with Crippen molar-refractivity contribution < 1.29 is 15.0 Å². The van der Waals surface area contributed by atoms with E-state index in [1.807, 2.05) is 0 Å². The molecule has 2 aromatic rings. The number of nitrogens with two attached hydrogens (primary N) is 1. The summed E-state index contributed by atoms with van der Waals surface area (Å²) in [4.78, 5) is 12.0. The number of benzene rings is 2. The third-order valence-corrected chi connectivity index (χ3v) is 2.77. The average molecular weight is 258 g/mol. The van der Waals surface area contributed by atoms with Crippen LogP contribution >= 0.6 is 0 Å². The highest BCUT2D eigenvalue weighted by molar-refractivity contribution is 6.07. The molecule has 0 fully saturated rings. The number of aryl methyl sites for hydroxylation is 1.